The molecule has 0 aromatic heterocycles. The van der Waals surface area contributed by atoms with E-state index in [2.05, 4.69) is 6.92 Å². The van der Waals surface area contributed by atoms with Gasteiger partial charge in [-0.3, -0.25) is 4.79 Å². The van der Waals surface area contributed by atoms with Crippen molar-refractivity contribution in [2.45, 2.75) is 32.6 Å². The van der Waals surface area contributed by atoms with Gasteiger partial charge in [0.2, 0.25) is 10.0 Å². The second-order valence-corrected chi connectivity index (χ2v) is 6.48. The van der Waals surface area contributed by atoms with Crippen LogP contribution < -0.4 is 0 Å². The molecule has 0 unspecified atom stereocenters. The Morgan fingerprint density at radius 1 is 1.38 bits per heavy atom. The van der Waals surface area contributed by atoms with Crippen molar-refractivity contribution in [3.05, 3.63) is 0 Å². The van der Waals surface area contributed by atoms with Crippen molar-refractivity contribution in [2.24, 2.45) is 5.92 Å². The van der Waals surface area contributed by atoms with E-state index < -0.39 is 16.0 Å². The number of rotatable bonds is 5. The van der Waals surface area contributed by atoms with Crippen LogP contribution in [0.1, 0.15) is 32.6 Å². The fraction of sp³-hybridized carbons (Fsp3) is 0.900. The minimum Gasteiger partial charge on any atom is -0.481 e. The number of aliphatic carboxylic acids is 1. The quantitative estimate of drug-likeness (QED) is 0.786. The molecule has 0 aliphatic carbocycles. The average molecular weight is 249 g/mol. The molecule has 0 aromatic rings. The molecule has 0 spiro atoms. The molecule has 0 atom stereocenters. The van der Waals surface area contributed by atoms with E-state index in [0.29, 0.717) is 19.0 Å². The third kappa shape index (κ3) is 4.09. The van der Waals surface area contributed by atoms with Crippen molar-refractivity contribution in [3.63, 3.8) is 0 Å². The second kappa shape index (κ2) is 5.63. The van der Waals surface area contributed by atoms with Crippen LogP contribution in [0, 0.1) is 5.92 Å². The van der Waals surface area contributed by atoms with Gasteiger partial charge in [-0.15, -0.1) is 0 Å². The van der Waals surface area contributed by atoms with E-state index in [1.165, 1.54) is 4.31 Å². The fourth-order valence-corrected chi connectivity index (χ4v) is 3.33. The molecule has 1 fully saturated rings. The average Bonchev–Trinajstić information content (AvgIpc) is 2.17. The predicted molar refractivity (Wildman–Crippen MR) is 60.6 cm³/mol. The first-order valence-electron chi connectivity index (χ1n) is 5.61. The number of hydrogen-bond acceptors (Lipinski definition) is 3. The number of carboxylic acids is 1. The molecule has 1 rings (SSSR count). The van der Waals surface area contributed by atoms with E-state index in [-0.39, 0.29) is 18.6 Å². The summed E-state index contributed by atoms with van der Waals surface area (Å²) in [6, 6.07) is 0. The predicted octanol–water partition coefficient (Wildman–Crippen LogP) is 0.913. The molecule has 1 N–H and O–H groups in total. The van der Waals surface area contributed by atoms with Gasteiger partial charge < -0.3 is 5.11 Å². The largest absolute Gasteiger partial charge is 0.481 e. The molecule has 0 radical (unpaired) electrons. The van der Waals surface area contributed by atoms with Crippen molar-refractivity contribution in [1.82, 2.24) is 4.31 Å². The molecular formula is C10H19NO4S. The number of hydrogen-bond donors (Lipinski definition) is 1. The molecule has 0 bridgehead atoms. The van der Waals surface area contributed by atoms with Crippen molar-refractivity contribution in [2.75, 3.05) is 18.8 Å². The smallest absolute Gasteiger partial charge is 0.303 e. The maximum atomic E-state index is 11.8. The highest BCUT2D eigenvalue weighted by atomic mass is 32.2. The van der Waals surface area contributed by atoms with Crippen LogP contribution >= 0.6 is 0 Å². The van der Waals surface area contributed by atoms with Gasteiger partial charge in [0.25, 0.3) is 0 Å². The van der Waals surface area contributed by atoms with E-state index in [9.17, 15) is 13.2 Å². The zero-order valence-corrected chi connectivity index (χ0v) is 10.4. The summed E-state index contributed by atoms with van der Waals surface area (Å²) in [6.07, 6.45) is 1.92. The molecule has 94 valence electrons. The summed E-state index contributed by atoms with van der Waals surface area (Å²) in [5, 5.41) is 8.45. The van der Waals surface area contributed by atoms with Gasteiger partial charge in [0.05, 0.1) is 5.75 Å². The molecule has 1 heterocycles. The van der Waals surface area contributed by atoms with Gasteiger partial charge in [-0.05, 0) is 25.2 Å². The van der Waals surface area contributed by atoms with Crippen LogP contribution in [0.2, 0.25) is 0 Å². The van der Waals surface area contributed by atoms with Crippen molar-refractivity contribution < 1.29 is 18.3 Å². The van der Waals surface area contributed by atoms with E-state index in [1.54, 1.807) is 0 Å². The summed E-state index contributed by atoms with van der Waals surface area (Å²) >= 11 is 0. The molecule has 6 heteroatoms. The van der Waals surface area contributed by atoms with Gasteiger partial charge in [-0.2, -0.15) is 0 Å². The van der Waals surface area contributed by atoms with E-state index in [4.69, 9.17) is 5.11 Å². The van der Waals surface area contributed by atoms with E-state index >= 15 is 0 Å². The van der Waals surface area contributed by atoms with Crippen LogP contribution in [0.25, 0.3) is 0 Å². The maximum Gasteiger partial charge on any atom is 0.303 e. The van der Waals surface area contributed by atoms with Gasteiger partial charge in [-0.1, -0.05) is 6.92 Å². The summed E-state index contributed by atoms with van der Waals surface area (Å²) < 4.78 is 25.1. The molecule has 0 saturated carbocycles. The summed E-state index contributed by atoms with van der Waals surface area (Å²) in [7, 11) is -3.23. The molecule has 16 heavy (non-hydrogen) atoms. The molecule has 5 nitrogen and oxygen atoms in total. The third-order valence-corrected chi connectivity index (χ3v) is 4.89. The standard InChI is InChI=1S/C10H19NO4S/c1-9-4-6-11(7-5-9)16(14,15)8-2-3-10(12)13/h9H,2-8H2,1H3,(H,12,13). The highest BCUT2D eigenvalue weighted by Gasteiger charge is 2.25. The molecular weight excluding hydrogens is 230 g/mol. The topological polar surface area (TPSA) is 74.7 Å². The van der Waals surface area contributed by atoms with Crippen LogP contribution in [0.4, 0.5) is 0 Å². The second-order valence-electron chi connectivity index (χ2n) is 4.39. The van der Waals surface area contributed by atoms with E-state index in [1.807, 2.05) is 0 Å². The van der Waals surface area contributed by atoms with Crippen molar-refractivity contribution in [1.29, 1.82) is 0 Å². The van der Waals surface area contributed by atoms with Crippen LogP contribution in [0.5, 0.6) is 0 Å². The van der Waals surface area contributed by atoms with Crippen LogP contribution in [-0.2, 0) is 14.8 Å². The number of sulfonamides is 1. The van der Waals surface area contributed by atoms with Gasteiger partial charge in [0, 0.05) is 19.5 Å². The SMILES string of the molecule is CC1CCN(S(=O)(=O)CCCC(=O)O)CC1. The van der Waals surface area contributed by atoms with Gasteiger partial charge in [-0.25, -0.2) is 12.7 Å². The van der Waals surface area contributed by atoms with Gasteiger partial charge >= 0.3 is 5.97 Å². The summed E-state index contributed by atoms with van der Waals surface area (Å²) in [6.45, 7) is 3.28. The lowest BCUT2D eigenvalue weighted by Gasteiger charge is -2.29. The zero-order chi connectivity index (χ0) is 12.2. The first-order chi connectivity index (χ1) is 7.42. The normalized spacial score (nSPS) is 19.8. The van der Waals surface area contributed by atoms with Crippen LogP contribution in [-0.4, -0.2) is 42.6 Å². The summed E-state index contributed by atoms with van der Waals surface area (Å²) in [5.74, 6) is -0.402. The fourth-order valence-electron chi connectivity index (χ4n) is 1.80. The van der Waals surface area contributed by atoms with Gasteiger partial charge in [0.1, 0.15) is 0 Å². The Morgan fingerprint density at radius 3 is 2.44 bits per heavy atom. The Hall–Kier alpha value is -0.620. The number of piperidine rings is 1. The van der Waals surface area contributed by atoms with E-state index in [0.717, 1.165) is 12.8 Å². The zero-order valence-electron chi connectivity index (χ0n) is 9.55. The minimum atomic E-state index is -3.23. The van der Waals surface area contributed by atoms with Crippen molar-refractivity contribution in [3.8, 4) is 0 Å². The number of carboxylic acid groups (broad SMARTS) is 1. The van der Waals surface area contributed by atoms with Gasteiger partial charge in [0.15, 0.2) is 0 Å². The third-order valence-electron chi connectivity index (χ3n) is 2.93. The molecule has 0 amide bonds. The lowest BCUT2D eigenvalue weighted by molar-refractivity contribution is -0.137. The summed E-state index contributed by atoms with van der Waals surface area (Å²) in [5.41, 5.74) is 0. The lowest BCUT2D eigenvalue weighted by Crippen LogP contribution is -2.39. The molecule has 0 aromatic carbocycles. The summed E-state index contributed by atoms with van der Waals surface area (Å²) in [4.78, 5) is 10.3. The first kappa shape index (κ1) is 13.4. The number of carbonyl (C=O) groups is 1. The monoisotopic (exact) mass is 249 g/mol. The molecule has 1 saturated heterocycles. The Bertz CT molecular complexity index is 331. The van der Waals surface area contributed by atoms with Crippen LogP contribution in [0.15, 0.2) is 0 Å². The highest BCUT2D eigenvalue weighted by molar-refractivity contribution is 7.89. The Balaban J connectivity index is 2.41. The molecule has 1 aliphatic rings. The maximum absolute atomic E-state index is 11.8. The Kier molecular flexibility index (Phi) is 4.73. The Morgan fingerprint density at radius 2 is 1.94 bits per heavy atom. The minimum absolute atomic E-state index is 0.0479. The Labute approximate surface area is 96.5 Å². The van der Waals surface area contributed by atoms with Crippen LogP contribution in [0.3, 0.4) is 0 Å². The lowest BCUT2D eigenvalue weighted by atomic mass is 10.0. The first-order valence-corrected chi connectivity index (χ1v) is 7.22. The number of nitrogens with zero attached hydrogens (tertiary/aromatic N) is 1. The van der Waals surface area contributed by atoms with Crippen molar-refractivity contribution >= 4 is 16.0 Å². The molecule has 1 aliphatic heterocycles. The highest BCUT2D eigenvalue weighted by Crippen LogP contribution is 2.19.